The number of ketones is 3. The number of aliphatic hydroxyl groups excluding tert-OH is 2. The summed E-state index contributed by atoms with van der Waals surface area (Å²) >= 11 is 0. The van der Waals surface area contributed by atoms with Crippen LogP contribution in [0.3, 0.4) is 0 Å². The van der Waals surface area contributed by atoms with Crippen LogP contribution in [-0.2, 0) is 39.7 Å². The lowest BCUT2D eigenvalue weighted by atomic mass is 9.72. The molecule has 55 heavy (non-hydrogen) atoms. The molecule has 3 saturated heterocycles. The van der Waals surface area contributed by atoms with Crippen LogP contribution < -0.4 is 4.74 Å². The lowest BCUT2D eigenvalue weighted by Crippen LogP contribution is -2.63. The predicted octanol–water partition coefficient (Wildman–Crippen LogP) is 1.79. The Balaban J connectivity index is 1.29. The Hall–Kier alpha value is -4.00. The molecule has 7 rings (SSSR count). The van der Waals surface area contributed by atoms with Crippen molar-refractivity contribution in [3.63, 3.8) is 0 Å². The Bertz CT molecular complexity index is 1910. The van der Waals surface area contributed by atoms with Crippen LogP contribution in [0.2, 0.25) is 0 Å². The van der Waals surface area contributed by atoms with E-state index < -0.39 is 132 Å². The highest BCUT2D eigenvalue weighted by Gasteiger charge is 2.56. The Kier molecular flexibility index (Phi) is 10.3. The van der Waals surface area contributed by atoms with E-state index >= 15 is 0 Å². The molecule has 5 aliphatic rings. The van der Waals surface area contributed by atoms with Crippen molar-refractivity contribution in [2.45, 2.75) is 127 Å². The molecule has 298 valence electrons. The lowest BCUT2D eigenvalue weighted by Gasteiger charge is -2.49. The van der Waals surface area contributed by atoms with Crippen LogP contribution in [0.4, 0.5) is 0 Å². The highest BCUT2D eigenvalue weighted by Crippen LogP contribution is 2.53. The Labute approximate surface area is 316 Å². The number of hydrogen-bond acceptors (Lipinski definition) is 15. The molecule has 16 heteroatoms. The van der Waals surface area contributed by atoms with Crippen LogP contribution in [0.15, 0.2) is 18.2 Å². The van der Waals surface area contributed by atoms with E-state index in [1.54, 1.807) is 27.7 Å². The van der Waals surface area contributed by atoms with Gasteiger partial charge in [0.05, 0.1) is 48.2 Å². The number of methoxy groups -OCH3 is 1. The zero-order chi connectivity index (χ0) is 39.8. The second-order valence-electron chi connectivity index (χ2n) is 15.4. The van der Waals surface area contributed by atoms with Crippen molar-refractivity contribution in [2.75, 3.05) is 13.7 Å². The summed E-state index contributed by atoms with van der Waals surface area (Å²) in [5.41, 5.74) is -3.48. The number of phenolic OH excluding ortho intramolecular Hbond substituents is 2. The van der Waals surface area contributed by atoms with Crippen LogP contribution >= 0.6 is 0 Å². The number of rotatable bonds is 8. The van der Waals surface area contributed by atoms with Crippen molar-refractivity contribution in [1.82, 2.24) is 4.90 Å². The van der Waals surface area contributed by atoms with Crippen molar-refractivity contribution in [1.29, 1.82) is 0 Å². The quantitative estimate of drug-likeness (QED) is 0.206. The predicted molar refractivity (Wildman–Crippen MR) is 187 cm³/mol. The van der Waals surface area contributed by atoms with Gasteiger partial charge in [0, 0.05) is 54.9 Å². The number of ether oxygens (including phenoxy) is 6. The third-order valence-electron chi connectivity index (χ3n) is 11.5. The van der Waals surface area contributed by atoms with Crippen LogP contribution in [0.25, 0.3) is 0 Å². The van der Waals surface area contributed by atoms with Crippen LogP contribution in [0.5, 0.6) is 17.2 Å². The third-order valence-corrected chi connectivity index (χ3v) is 11.5. The smallest absolute Gasteiger partial charge is 0.254 e. The summed E-state index contributed by atoms with van der Waals surface area (Å²) < 4.78 is 37.0. The number of carbonyl (C=O) groups is 4. The first kappa shape index (κ1) is 39.2. The molecule has 16 nitrogen and oxygen atoms in total. The van der Waals surface area contributed by atoms with Gasteiger partial charge in [0.2, 0.25) is 5.78 Å². The van der Waals surface area contributed by atoms with E-state index in [1.807, 2.05) is 0 Å². The molecule has 7 unspecified atom stereocenters. The molecule has 2 aromatic carbocycles. The van der Waals surface area contributed by atoms with Gasteiger partial charge in [-0.2, -0.15) is 0 Å². The number of aliphatic hydroxyl groups is 3. The molecule has 3 aliphatic heterocycles. The maximum absolute atomic E-state index is 14.1. The van der Waals surface area contributed by atoms with Gasteiger partial charge in [0.1, 0.15) is 41.2 Å². The minimum atomic E-state index is -2.12. The minimum absolute atomic E-state index is 0.0534. The van der Waals surface area contributed by atoms with Crippen molar-refractivity contribution >= 4 is 23.3 Å². The number of aromatic hydroxyl groups is 2. The summed E-state index contributed by atoms with van der Waals surface area (Å²) in [5, 5.41) is 55.5. The van der Waals surface area contributed by atoms with E-state index in [2.05, 4.69) is 0 Å². The summed E-state index contributed by atoms with van der Waals surface area (Å²) in [7, 11) is 1.33. The summed E-state index contributed by atoms with van der Waals surface area (Å²) in [6.45, 7) is 7.52. The third kappa shape index (κ3) is 6.42. The summed E-state index contributed by atoms with van der Waals surface area (Å²) in [5.74, 6) is -4.45. The van der Waals surface area contributed by atoms with Crippen LogP contribution in [0, 0.1) is 5.92 Å². The first-order valence-corrected chi connectivity index (χ1v) is 18.5. The first-order valence-electron chi connectivity index (χ1n) is 18.5. The molecule has 3 fully saturated rings. The molecule has 2 aliphatic carbocycles. The molecule has 1 amide bonds. The van der Waals surface area contributed by atoms with Gasteiger partial charge in [0.15, 0.2) is 30.4 Å². The van der Waals surface area contributed by atoms with E-state index in [-0.39, 0.29) is 47.5 Å². The summed E-state index contributed by atoms with van der Waals surface area (Å²) in [6, 6.07) is 3.62. The van der Waals surface area contributed by atoms with Gasteiger partial charge in [-0.25, -0.2) is 0 Å². The number of amides is 1. The molecule has 2 aromatic rings. The fourth-order valence-electron chi connectivity index (χ4n) is 8.68. The van der Waals surface area contributed by atoms with Gasteiger partial charge in [0.25, 0.3) is 5.91 Å². The maximum atomic E-state index is 14.1. The Morgan fingerprint density at radius 3 is 2.36 bits per heavy atom. The number of phenols is 2. The second-order valence-corrected chi connectivity index (χ2v) is 15.4. The van der Waals surface area contributed by atoms with Gasteiger partial charge in [-0.05, 0) is 33.8 Å². The molecule has 0 saturated carbocycles. The van der Waals surface area contributed by atoms with E-state index in [4.69, 9.17) is 28.4 Å². The molecule has 0 radical (unpaired) electrons. The average Bonchev–Trinajstić information content (AvgIpc) is 3.47. The summed E-state index contributed by atoms with van der Waals surface area (Å²) in [6.07, 6.45) is -9.44. The number of benzene rings is 2. The SMILES string of the molecule is COc1cccc2c1C(=O)c1c(O)c3c(c(O)c1C2=O)C[C@@](O)(C(C)=O)C[C@@H]3OC1C[C@H]2[C@H](OC(CC(C)O)OC(C)C3OC(C(C)CO)C(=O)N32)[C@H](C)O1. The van der Waals surface area contributed by atoms with Gasteiger partial charge in [-0.3, -0.25) is 19.2 Å². The number of hydrogen-bond donors (Lipinski definition) is 5. The Morgan fingerprint density at radius 2 is 1.71 bits per heavy atom. The van der Waals surface area contributed by atoms with Crippen molar-refractivity contribution < 1.29 is 73.1 Å². The molecule has 0 aromatic heterocycles. The van der Waals surface area contributed by atoms with Crippen molar-refractivity contribution in [3.8, 4) is 17.2 Å². The molecular formula is C39H47NO15. The van der Waals surface area contributed by atoms with E-state index in [1.165, 1.54) is 37.1 Å². The van der Waals surface area contributed by atoms with Gasteiger partial charge < -0.3 is 58.9 Å². The molecule has 0 spiro atoms. The maximum Gasteiger partial charge on any atom is 0.254 e. The summed E-state index contributed by atoms with van der Waals surface area (Å²) in [4.78, 5) is 56.5. The molecule has 0 bridgehead atoms. The number of fused-ring (bicyclic) bond motifs is 6. The van der Waals surface area contributed by atoms with E-state index in [9.17, 15) is 44.7 Å². The zero-order valence-corrected chi connectivity index (χ0v) is 31.4. The monoisotopic (exact) mass is 769 g/mol. The van der Waals surface area contributed by atoms with Gasteiger partial charge >= 0.3 is 0 Å². The topological polar surface area (TPSA) is 228 Å². The average molecular weight is 770 g/mol. The Morgan fingerprint density at radius 1 is 1.00 bits per heavy atom. The molecule has 5 N–H and O–H groups in total. The number of Topliss-reactive ketones (excluding diaryl/α,β-unsaturated/α-hetero) is 1. The normalized spacial score (nSPS) is 34.0. The molecule has 3 heterocycles. The van der Waals surface area contributed by atoms with Gasteiger partial charge in [-0.15, -0.1) is 0 Å². The largest absolute Gasteiger partial charge is 0.507 e. The van der Waals surface area contributed by atoms with Crippen LogP contribution in [-0.4, -0.2) is 128 Å². The first-order chi connectivity index (χ1) is 26.0. The zero-order valence-electron chi connectivity index (χ0n) is 31.4. The molecular weight excluding hydrogens is 722 g/mol. The standard InChI is InChI=1S/C39H47NO15/c1-15(14-41)35-37(48)40-22-11-26(51-17(3)36(22)54-25(10-16(2)42)52-18(4)38(40)55-35)53-24-13-39(49,19(5)43)12-21-28(24)34(47)30-29(32(21)45)31(44)20-8-7-9-23(50-6)27(20)33(30)46/h7-9,15-18,22,24-26,35-36,38,41-42,45,47,49H,10-14H2,1-6H3/t15?,16?,17-,18?,22-,24-,25?,26?,35?,36+,38?,39-/m0/s1. The fourth-order valence-corrected chi connectivity index (χ4v) is 8.68. The lowest BCUT2D eigenvalue weighted by molar-refractivity contribution is -0.319. The number of nitrogens with zero attached hydrogens (tertiary/aromatic N) is 1. The highest BCUT2D eigenvalue weighted by molar-refractivity contribution is 6.31. The van der Waals surface area contributed by atoms with Crippen LogP contribution in [0.1, 0.15) is 103 Å². The highest BCUT2D eigenvalue weighted by atomic mass is 16.7. The van der Waals surface area contributed by atoms with Crippen molar-refractivity contribution in [2.24, 2.45) is 5.92 Å². The minimum Gasteiger partial charge on any atom is -0.507 e. The molecule has 12 atom stereocenters. The number of carbonyl (C=O) groups excluding carboxylic acids is 4. The van der Waals surface area contributed by atoms with Crippen molar-refractivity contribution in [3.05, 3.63) is 51.6 Å². The van der Waals surface area contributed by atoms with Gasteiger partial charge in [-0.1, -0.05) is 19.1 Å². The second kappa shape index (κ2) is 14.5. The van der Waals surface area contributed by atoms with E-state index in [0.717, 1.165) is 0 Å². The fraction of sp³-hybridized carbons (Fsp3) is 0.590. The van der Waals surface area contributed by atoms with E-state index in [0.29, 0.717) is 0 Å².